The molecule has 7 nitrogen and oxygen atoms in total. The highest BCUT2D eigenvalue weighted by Gasteiger charge is 2.24. The van der Waals surface area contributed by atoms with Crippen LogP contribution in [0.3, 0.4) is 0 Å². The number of anilines is 1. The van der Waals surface area contributed by atoms with E-state index >= 15 is 0 Å². The summed E-state index contributed by atoms with van der Waals surface area (Å²) >= 11 is 6.09. The van der Waals surface area contributed by atoms with Gasteiger partial charge in [0.15, 0.2) is 5.82 Å². The zero-order valence-electron chi connectivity index (χ0n) is 11.9. The molecule has 1 aliphatic heterocycles. The Morgan fingerprint density at radius 2 is 2.24 bits per heavy atom. The van der Waals surface area contributed by atoms with Gasteiger partial charge in [-0.05, 0) is 6.92 Å². The molecule has 0 bridgehead atoms. The number of halogens is 1. The Hall–Kier alpha value is -1.86. The van der Waals surface area contributed by atoms with Gasteiger partial charge in [-0.2, -0.15) is 5.10 Å². The lowest BCUT2D eigenvalue weighted by atomic mass is 10.2. The maximum atomic E-state index is 12.7. The van der Waals surface area contributed by atoms with Crippen molar-refractivity contribution in [3.63, 3.8) is 0 Å². The third kappa shape index (κ3) is 2.66. The summed E-state index contributed by atoms with van der Waals surface area (Å²) in [6.45, 7) is 3.76. The lowest BCUT2D eigenvalue weighted by molar-refractivity contribution is 0.0983. The molecule has 1 atom stereocenters. The van der Waals surface area contributed by atoms with Crippen LogP contribution in [-0.4, -0.2) is 45.1 Å². The second-order valence-electron chi connectivity index (χ2n) is 5.05. The first-order valence-electron chi connectivity index (χ1n) is 6.69. The first-order valence-corrected chi connectivity index (χ1v) is 7.06. The Bertz CT molecular complexity index is 711. The molecule has 21 heavy (non-hydrogen) atoms. The van der Waals surface area contributed by atoms with Gasteiger partial charge in [-0.25, -0.2) is 4.98 Å². The number of hydrogen-bond donors (Lipinski definition) is 0. The van der Waals surface area contributed by atoms with Gasteiger partial charge in [-0.1, -0.05) is 11.6 Å². The van der Waals surface area contributed by atoms with Crippen molar-refractivity contribution in [1.29, 1.82) is 0 Å². The predicted molar refractivity (Wildman–Crippen MR) is 79.2 cm³/mol. The maximum Gasteiger partial charge on any atom is 0.298 e. The van der Waals surface area contributed by atoms with Crippen LogP contribution >= 0.6 is 11.6 Å². The summed E-state index contributed by atoms with van der Waals surface area (Å²) in [5.74, 6) is 0.349. The first kappa shape index (κ1) is 14.1. The maximum absolute atomic E-state index is 12.7. The largest absolute Gasteiger partial charge is 0.377 e. The summed E-state index contributed by atoms with van der Waals surface area (Å²) in [6.07, 6.45) is 4.88. The molecular weight excluding hydrogens is 294 g/mol. The molecule has 0 unspecified atom stereocenters. The third-order valence-corrected chi connectivity index (χ3v) is 3.65. The molecule has 1 aliphatic rings. The predicted octanol–water partition coefficient (Wildman–Crippen LogP) is 0.844. The zero-order valence-corrected chi connectivity index (χ0v) is 12.6. The van der Waals surface area contributed by atoms with E-state index in [1.807, 2.05) is 11.8 Å². The van der Waals surface area contributed by atoms with Gasteiger partial charge in [-0.15, -0.1) is 0 Å². The van der Waals surface area contributed by atoms with E-state index < -0.39 is 0 Å². The molecule has 0 radical (unpaired) electrons. The van der Waals surface area contributed by atoms with Crippen molar-refractivity contribution < 1.29 is 4.74 Å². The van der Waals surface area contributed by atoms with Crippen LogP contribution in [0.15, 0.2) is 23.4 Å². The summed E-state index contributed by atoms with van der Waals surface area (Å²) in [5.41, 5.74) is 0.454. The Balaban J connectivity index is 2.10. The highest BCUT2D eigenvalue weighted by atomic mass is 35.5. The van der Waals surface area contributed by atoms with E-state index in [-0.39, 0.29) is 16.8 Å². The molecule has 112 valence electrons. The summed E-state index contributed by atoms with van der Waals surface area (Å²) in [6, 6.07) is 0.0831. The van der Waals surface area contributed by atoms with E-state index in [0.717, 1.165) is 0 Å². The summed E-state index contributed by atoms with van der Waals surface area (Å²) in [4.78, 5) is 18.8. The average Bonchev–Trinajstić information content (AvgIpc) is 2.88. The van der Waals surface area contributed by atoms with Gasteiger partial charge in [0.05, 0.1) is 37.3 Å². The summed E-state index contributed by atoms with van der Waals surface area (Å²) in [5, 5.41) is 4.35. The molecule has 2 aromatic rings. The van der Waals surface area contributed by atoms with Crippen LogP contribution in [0.5, 0.6) is 0 Å². The molecule has 0 amide bonds. The number of hydrogen-bond acceptors (Lipinski definition) is 5. The summed E-state index contributed by atoms with van der Waals surface area (Å²) < 4.78 is 8.50. The fourth-order valence-corrected chi connectivity index (χ4v) is 2.58. The van der Waals surface area contributed by atoms with E-state index in [0.29, 0.717) is 31.3 Å². The molecule has 0 spiro atoms. The van der Waals surface area contributed by atoms with Crippen LogP contribution in [0.1, 0.15) is 6.92 Å². The van der Waals surface area contributed by atoms with Crippen LogP contribution in [0.2, 0.25) is 5.15 Å². The molecule has 8 heteroatoms. The quantitative estimate of drug-likeness (QED) is 0.822. The number of nitrogens with zero attached hydrogens (tertiary/aromatic N) is 5. The Morgan fingerprint density at radius 3 is 2.90 bits per heavy atom. The Morgan fingerprint density at radius 1 is 1.43 bits per heavy atom. The highest BCUT2D eigenvalue weighted by Crippen LogP contribution is 2.17. The molecular formula is C13H16ClN5O2. The van der Waals surface area contributed by atoms with Crippen LogP contribution in [0.4, 0.5) is 5.82 Å². The topological polar surface area (TPSA) is 65.2 Å². The lowest BCUT2D eigenvalue weighted by Gasteiger charge is -2.33. The van der Waals surface area contributed by atoms with Crippen molar-refractivity contribution >= 4 is 17.4 Å². The minimum atomic E-state index is -0.207. The van der Waals surface area contributed by atoms with E-state index in [9.17, 15) is 4.79 Å². The van der Waals surface area contributed by atoms with Gasteiger partial charge >= 0.3 is 0 Å². The average molecular weight is 310 g/mol. The molecule has 0 N–H and O–H groups in total. The van der Waals surface area contributed by atoms with Gasteiger partial charge in [0.25, 0.3) is 5.56 Å². The normalized spacial score (nSPS) is 19.0. The van der Waals surface area contributed by atoms with Gasteiger partial charge in [0.1, 0.15) is 5.15 Å². The second kappa shape index (κ2) is 5.50. The van der Waals surface area contributed by atoms with E-state index in [4.69, 9.17) is 16.3 Å². The fourth-order valence-electron chi connectivity index (χ4n) is 2.40. The molecule has 0 aliphatic carbocycles. The SMILES string of the molecule is C[C@@H]1COCCN1c1nc(Cl)cn(-c2cnn(C)c2)c1=O. The van der Waals surface area contributed by atoms with Gasteiger partial charge in [0, 0.05) is 19.8 Å². The molecule has 3 heterocycles. The van der Waals surface area contributed by atoms with Crippen LogP contribution < -0.4 is 10.5 Å². The van der Waals surface area contributed by atoms with Crippen molar-refractivity contribution in [2.45, 2.75) is 13.0 Å². The van der Waals surface area contributed by atoms with Crippen LogP contribution in [0.25, 0.3) is 5.69 Å². The standard InChI is InChI=1S/C13H16ClN5O2/c1-9-8-21-4-3-18(9)12-13(20)19(7-11(14)16-12)10-5-15-17(2)6-10/h5-7,9H,3-4,8H2,1-2H3/t9-/m1/s1. The minimum absolute atomic E-state index is 0.0831. The van der Waals surface area contributed by atoms with Crippen LogP contribution in [-0.2, 0) is 11.8 Å². The van der Waals surface area contributed by atoms with Crippen molar-refractivity contribution in [1.82, 2.24) is 19.3 Å². The summed E-state index contributed by atoms with van der Waals surface area (Å²) in [7, 11) is 1.79. The van der Waals surface area contributed by atoms with E-state index in [1.165, 1.54) is 10.8 Å². The van der Waals surface area contributed by atoms with Crippen LogP contribution in [0, 0.1) is 0 Å². The number of aromatic nitrogens is 4. The lowest BCUT2D eigenvalue weighted by Crippen LogP contribution is -2.47. The Labute approximate surface area is 126 Å². The van der Waals surface area contributed by atoms with Crippen molar-refractivity contribution in [3.05, 3.63) is 34.1 Å². The van der Waals surface area contributed by atoms with Crippen molar-refractivity contribution in [2.75, 3.05) is 24.7 Å². The zero-order chi connectivity index (χ0) is 15.0. The number of ether oxygens (including phenoxy) is 1. The van der Waals surface area contributed by atoms with Gasteiger partial charge < -0.3 is 9.64 Å². The van der Waals surface area contributed by atoms with E-state index in [2.05, 4.69) is 10.1 Å². The van der Waals surface area contributed by atoms with Crippen molar-refractivity contribution in [3.8, 4) is 5.69 Å². The molecule has 2 aromatic heterocycles. The van der Waals surface area contributed by atoms with E-state index in [1.54, 1.807) is 24.1 Å². The smallest absolute Gasteiger partial charge is 0.298 e. The molecule has 1 fully saturated rings. The fraction of sp³-hybridized carbons (Fsp3) is 0.462. The molecule has 1 saturated heterocycles. The number of aryl methyl sites for hydroxylation is 1. The third-order valence-electron chi connectivity index (χ3n) is 3.47. The molecule has 3 rings (SSSR count). The molecule has 0 saturated carbocycles. The Kier molecular flexibility index (Phi) is 3.69. The minimum Gasteiger partial charge on any atom is -0.377 e. The number of rotatable bonds is 2. The van der Waals surface area contributed by atoms with Gasteiger partial charge in [0.2, 0.25) is 0 Å². The monoisotopic (exact) mass is 309 g/mol. The second-order valence-corrected chi connectivity index (χ2v) is 5.44. The first-order chi connectivity index (χ1) is 10.1. The number of morpholine rings is 1. The highest BCUT2D eigenvalue weighted by molar-refractivity contribution is 6.29. The molecule has 0 aromatic carbocycles. The van der Waals surface area contributed by atoms with Gasteiger partial charge in [-0.3, -0.25) is 14.0 Å². The van der Waals surface area contributed by atoms with Crippen molar-refractivity contribution in [2.24, 2.45) is 7.05 Å².